The Bertz CT molecular complexity index is 881. The van der Waals surface area contributed by atoms with Gasteiger partial charge >= 0.3 is 0 Å². The summed E-state index contributed by atoms with van der Waals surface area (Å²) in [5, 5.41) is 1.78. The summed E-state index contributed by atoms with van der Waals surface area (Å²) in [6, 6.07) is 13.9. The largest absolute Gasteiger partial charge is 0.342 e. The molecule has 2 aliphatic rings. The Morgan fingerprint density at radius 3 is 2.18 bits per heavy atom. The molecule has 2 aromatic rings. The van der Waals surface area contributed by atoms with Gasteiger partial charge in [-0.25, -0.2) is 8.42 Å². The highest BCUT2D eigenvalue weighted by Gasteiger charge is 2.35. The van der Waals surface area contributed by atoms with Gasteiger partial charge in [0.05, 0.1) is 0 Å². The van der Waals surface area contributed by atoms with Gasteiger partial charge in [-0.15, -0.1) is 11.3 Å². The Labute approximate surface area is 171 Å². The zero-order valence-corrected chi connectivity index (χ0v) is 17.5. The monoisotopic (exact) mass is 418 g/mol. The highest BCUT2D eigenvalue weighted by Crippen LogP contribution is 2.31. The molecule has 0 saturated carbocycles. The molecule has 1 aromatic carbocycles. The quantitative estimate of drug-likeness (QED) is 0.763. The molecule has 2 aliphatic heterocycles. The van der Waals surface area contributed by atoms with E-state index in [-0.39, 0.29) is 11.8 Å². The van der Waals surface area contributed by atoms with Gasteiger partial charge in [0, 0.05) is 32.1 Å². The highest BCUT2D eigenvalue weighted by molar-refractivity contribution is 7.91. The zero-order chi connectivity index (χ0) is 19.6. The van der Waals surface area contributed by atoms with Crippen molar-refractivity contribution in [3.63, 3.8) is 0 Å². The summed E-state index contributed by atoms with van der Waals surface area (Å²) in [6.45, 7) is 2.45. The van der Waals surface area contributed by atoms with E-state index < -0.39 is 10.0 Å². The normalized spacial score (nSPS) is 20.4. The molecule has 0 bridgehead atoms. The van der Waals surface area contributed by atoms with Crippen LogP contribution in [-0.2, 0) is 14.8 Å². The van der Waals surface area contributed by atoms with Gasteiger partial charge in [-0.05, 0) is 48.6 Å². The Hall–Kier alpha value is -1.70. The molecule has 0 unspecified atom stereocenters. The van der Waals surface area contributed by atoms with Crippen LogP contribution in [0.3, 0.4) is 0 Å². The van der Waals surface area contributed by atoms with Crippen LogP contribution in [0.2, 0.25) is 0 Å². The SMILES string of the molecule is O=C(C1CCN(S(=O)(=O)c2cccs2)CC1)N1CCC(c2ccccc2)CC1. The predicted molar refractivity (Wildman–Crippen MR) is 111 cm³/mol. The number of thiophene rings is 1. The number of amides is 1. The molecule has 1 aromatic heterocycles. The van der Waals surface area contributed by atoms with Crippen molar-refractivity contribution in [2.24, 2.45) is 5.92 Å². The van der Waals surface area contributed by atoms with Gasteiger partial charge < -0.3 is 4.90 Å². The van der Waals surface area contributed by atoms with Crippen LogP contribution in [0, 0.1) is 5.92 Å². The summed E-state index contributed by atoms with van der Waals surface area (Å²) >= 11 is 1.25. The molecular formula is C21H26N2O3S2. The van der Waals surface area contributed by atoms with Crippen molar-refractivity contribution in [3.8, 4) is 0 Å². The van der Waals surface area contributed by atoms with Crippen LogP contribution in [0.4, 0.5) is 0 Å². The third-order valence-electron chi connectivity index (χ3n) is 5.97. The van der Waals surface area contributed by atoms with Crippen LogP contribution < -0.4 is 0 Å². The Balaban J connectivity index is 1.30. The van der Waals surface area contributed by atoms with E-state index in [2.05, 4.69) is 24.3 Å². The van der Waals surface area contributed by atoms with Crippen molar-refractivity contribution in [1.29, 1.82) is 0 Å². The van der Waals surface area contributed by atoms with Crippen LogP contribution in [0.5, 0.6) is 0 Å². The Kier molecular flexibility index (Phi) is 5.85. The second-order valence-electron chi connectivity index (χ2n) is 7.62. The van der Waals surface area contributed by atoms with E-state index in [1.165, 1.54) is 21.2 Å². The van der Waals surface area contributed by atoms with Gasteiger partial charge in [-0.1, -0.05) is 36.4 Å². The van der Waals surface area contributed by atoms with E-state index in [0.29, 0.717) is 36.1 Å². The van der Waals surface area contributed by atoms with Crippen molar-refractivity contribution in [2.45, 2.75) is 35.8 Å². The zero-order valence-electron chi connectivity index (χ0n) is 15.9. The van der Waals surface area contributed by atoms with Crippen LogP contribution in [-0.4, -0.2) is 49.7 Å². The lowest BCUT2D eigenvalue weighted by molar-refractivity contribution is -0.137. The third-order valence-corrected chi connectivity index (χ3v) is 9.24. The molecule has 1 amide bonds. The van der Waals surface area contributed by atoms with Crippen molar-refractivity contribution >= 4 is 27.3 Å². The topological polar surface area (TPSA) is 57.7 Å². The minimum atomic E-state index is -3.40. The first-order valence-electron chi connectivity index (χ1n) is 9.93. The van der Waals surface area contributed by atoms with Crippen LogP contribution >= 0.6 is 11.3 Å². The maximum absolute atomic E-state index is 12.9. The van der Waals surface area contributed by atoms with Gasteiger partial charge in [-0.2, -0.15) is 4.31 Å². The first kappa shape index (κ1) is 19.6. The average Bonchev–Trinajstić information content (AvgIpc) is 3.30. The van der Waals surface area contributed by atoms with Crippen molar-refractivity contribution in [3.05, 3.63) is 53.4 Å². The van der Waals surface area contributed by atoms with Gasteiger partial charge in [0.15, 0.2) is 0 Å². The number of nitrogens with zero attached hydrogens (tertiary/aromatic N) is 2. The number of carbonyl (C=O) groups excluding carboxylic acids is 1. The van der Waals surface area contributed by atoms with Gasteiger partial charge in [0.2, 0.25) is 5.91 Å². The lowest BCUT2D eigenvalue weighted by Crippen LogP contribution is -2.46. The number of sulfonamides is 1. The standard InChI is InChI=1S/C21H26N2O3S2/c24-21(22-12-8-18(9-13-22)17-5-2-1-3-6-17)19-10-14-23(15-11-19)28(25,26)20-7-4-16-27-20/h1-7,16,18-19H,8-15H2. The summed E-state index contributed by atoms with van der Waals surface area (Å²) in [7, 11) is -3.40. The average molecular weight is 419 g/mol. The molecule has 3 heterocycles. The van der Waals surface area contributed by atoms with Crippen molar-refractivity contribution in [1.82, 2.24) is 9.21 Å². The molecule has 0 N–H and O–H groups in total. The molecule has 0 spiro atoms. The number of hydrogen-bond acceptors (Lipinski definition) is 4. The number of carbonyl (C=O) groups is 1. The molecule has 0 aliphatic carbocycles. The summed E-state index contributed by atoms with van der Waals surface area (Å²) in [4.78, 5) is 14.9. The molecule has 2 fully saturated rings. The molecular weight excluding hydrogens is 392 g/mol. The van der Waals surface area contributed by atoms with Gasteiger partial charge in [0.25, 0.3) is 10.0 Å². The number of rotatable bonds is 4. The van der Waals surface area contributed by atoms with E-state index in [1.54, 1.807) is 17.5 Å². The number of hydrogen-bond donors (Lipinski definition) is 0. The molecule has 28 heavy (non-hydrogen) atoms. The Morgan fingerprint density at radius 1 is 0.893 bits per heavy atom. The van der Waals surface area contributed by atoms with Crippen molar-refractivity contribution < 1.29 is 13.2 Å². The number of likely N-dealkylation sites (tertiary alicyclic amines) is 1. The molecule has 7 heteroatoms. The van der Waals surface area contributed by atoms with E-state index in [0.717, 1.165) is 25.9 Å². The van der Waals surface area contributed by atoms with Crippen LogP contribution in [0.25, 0.3) is 0 Å². The van der Waals surface area contributed by atoms with Gasteiger partial charge in [-0.3, -0.25) is 4.79 Å². The van der Waals surface area contributed by atoms with E-state index in [1.807, 2.05) is 11.0 Å². The minimum Gasteiger partial charge on any atom is -0.342 e. The minimum absolute atomic E-state index is 0.0527. The summed E-state index contributed by atoms with van der Waals surface area (Å²) in [5.74, 6) is 0.686. The smallest absolute Gasteiger partial charge is 0.252 e. The summed E-state index contributed by atoms with van der Waals surface area (Å²) < 4.78 is 27.2. The number of piperidine rings is 2. The molecule has 0 atom stereocenters. The second-order valence-corrected chi connectivity index (χ2v) is 10.7. The fourth-order valence-corrected chi connectivity index (χ4v) is 6.91. The lowest BCUT2D eigenvalue weighted by Gasteiger charge is -2.37. The molecule has 4 rings (SSSR count). The number of benzene rings is 1. The third kappa shape index (κ3) is 4.02. The second kappa shape index (κ2) is 8.35. The van der Waals surface area contributed by atoms with Crippen LogP contribution in [0.1, 0.15) is 37.2 Å². The van der Waals surface area contributed by atoms with E-state index in [9.17, 15) is 13.2 Å². The summed E-state index contributed by atoms with van der Waals surface area (Å²) in [5.41, 5.74) is 1.36. The molecule has 5 nitrogen and oxygen atoms in total. The van der Waals surface area contributed by atoms with E-state index >= 15 is 0 Å². The first-order chi connectivity index (χ1) is 13.6. The van der Waals surface area contributed by atoms with Crippen molar-refractivity contribution in [2.75, 3.05) is 26.2 Å². The maximum atomic E-state index is 12.9. The highest BCUT2D eigenvalue weighted by atomic mass is 32.2. The lowest BCUT2D eigenvalue weighted by atomic mass is 9.88. The fraction of sp³-hybridized carbons (Fsp3) is 0.476. The first-order valence-corrected chi connectivity index (χ1v) is 12.2. The van der Waals surface area contributed by atoms with Crippen LogP contribution in [0.15, 0.2) is 52.1 Å². The fourth-order valence-electron chi connectivity index (χ4n) is 4.30. The Morgan fingerprint density at radius 2 is 1.57 bits per heavy atom. The van der Waals surface area contributed by atoms with E-state index in [4.69, 9.17) is 0 Å². The maximum Gasteiger partial charge on any atom is 0.252 e. The molecule has 2 saturated heterocycles. The van der Waals surface area contributed by atoms with Gasteiger partial charge in [0.1, 0.15) is 4.21 Å². The molecule has 0 radical (unpaired) electrons. The predicted octanol–water partition coefficient (Wildman–Crippen LogP) is 3.56. The summed E-state index contributed by atoms with van der Waals surface area (Å²) in [6.07, 6.45) is 3.23. The molecule has 150 valence electrons.